The van der Waals surface area contributed by atoms with Gasteiger partial charge in [-0.15, -0.1) is 0 Å². The summed E-state index contributed by atoms with van der Waals surface area (Å²) in [5, 5.41) is 15.8. The zero-order chi connectivity index (χ0) is 9.14. The molecule has 1 rings (SSSR count). The predicted octanol–water partition coefficient (Wildman–Crippen LogP) is 1.15. The van der Waals surface area contributed by atoms with Gasteiger partial charge in [-0.05, 0) is 30.7 Å². The Balaban J connectivity index is 3.21. The molecule has 0 unspecified atom stereocenters. The lowest BCUT2D eigenvalue weighted by Crippen LogP contribution is -2.11. The van der Waals surface area contributed by atoms with E-state index >= 15 is 0 Å². The summed E-state index contributed by atoms with van der Waals surface area (Å²) in [6.07, 6.45) is 0. The molecule has 3 N–H and O–H groups in total. The van der Waals surface area contributed by atoms with Crippen LogP contribution in [0.3, 0.4) is 0 Å². The topological polar surface area (TPSA) is 73.7 Å². The van der Waals surface area contributed by atoms with Gasteiger partial charge in [-0.2, -0.15) is 5.26 Å². The molecule has 0 aliphatic heterocycles. The highest BCUT2D eigenvalue weighted by atomic mass is 14.7. The molecule has 1 aromatic carbocycles. The molecule has 0 aromatic heterocycles. The number of hydrogen-bond donors (Lipinski definition) is 2. The maximum atomic E-state index is 8.61. The number of nitrogen functional groups attached to an aromatic ring is 1. The van der Waals surface area contributed by atoms with Crippen LogP contribution in [-0.4, -0.2) is 5.84 Å². The summed E-state index contributed by atoms with van der Waals surface area (Å²) < 4.78 is 0. The van der Waals surface area contributed by atoms with E-state index in [1.165, 1.54) is 0 Å². The smallest absolute Gasteiger partial charge is 0.122 e. The van der Waals surface area contributed by atoms with Crippen LogP contribution in [-0.2, 0) is 0 Å². The lowest BCUT2D eigenvalue weighted by Gasteiger charge is -2.00. The van der Waals surface area contributed by atoms with Crippen molar-refractivity contribution >= 4 is 5.84 Å². The molecule has 3 heteroatoms. The van der Waals surface area contributed by atoms with Crippen LogP contribution in [0.1, 0.15) is 16.7 Å². The van der Waals surface area contributed by atoms with Gasteiger partial charge < -0.3 is 5.73 Å². The third kappa shape index (κ3) is 1.43. The Labute approximate surface area is 70.9 Å². The molecule has 0 bridgehead atoms. The average molecular weight is 159 g/mol. The van der Waals surface area contributed by atoms with Gasteiger partial charge in [0.2, 0.25) is 0 Å². The number of nitrogens with zero attached hydrogens (tertiary/aromatic N) is 1. The number of hydrogen-bond acceptors (Lipinski definition) is 2. The van der Waals surface area contributed by atoms with Crippen molar-refractivity contribution < 1.29 is 0 Å². The fraction of sp³-hybridized carbons (Fsp3) is 0.111. The van der Waals surface area contributed by atoms with Gasteiger partial charge in [0.1, 0.15) is 5.84 Å². The normalized spacial score (nSPS) is 9.00. The molecular weight excluding hydrogens is 150 g/mol. The Morgan fingerprint density at radius 3 is 2.67 bits per heavy atom. The third-order valence-corrected chi connectivity index (χ3v) is 1.66. The SMILES string of the molecule is Cc1cc(C(=N)N)ccc1C#N. The number of benzene rings is 1. The molecule has 60 valence electrons. The summed E-state index contributed by atoms with van der Waals surface area (Å²) in [5.74, 6) is 0.0302. The van der Waals surface area contributed by atoms with Gasteiger partial charge in [-0.25, -0.2) is 0 Å². The van der Waals surface area contributed by atoms with Crippen molar-refractivity contribution in [2.75, 3.05) is 0 Å². The highest BCUT2D eigenvalue weighted by molar-refractivity contribution is 5.95. The molecule has 3 nitrogen and oxygen atoms in total. The lowest BCUT2D eigenvalue weighted by molar-refractivity contribution is 1.36. The summed E-state index contributed by atoms with van der Waals surface area (Å²) >= 11 is 0. The van der Waals surface area contributed by atoms with Crippen LogP contribution in [0.5, 0.6) is 0 Å². The van der Waals surface area contributed by atoms with Crippen molar-refractivity contribution in [3.63, 3.8) is 0 Å². The van der Waals surface area contributed by atoms with E-state index in [4.69, 9.17) is 16.4 Å². The molecule has 12 heavy (non-hydrogen) atoms. The van der Waals surface area contributed by atoms with E-state index in [0.717, 1.165) is 5.56 Å². The van der Waals surface area contributed by atoms with Crippen molar-refractivity contribution in [3.05, 3.63) is 34.9 Å². The van der Waals surface area contributed by atoms with E-state index < -0.39 is 0 Å². The van der Waals surface area contributed by atoms with E-state index in [0.29, 0.717) is 11.1 Å². The highest BCUT2D eigenvalue weighted by Crippen LogP contribution is 2.08. The first kappa shape index (κ1) is 8.28. The molecule has 1 aromatic rings. The Bertz CT molecular complexity index is 361. The third-order valence-electron chi connectivity index (χ3n) is 1.66. The van der Waals surface area contributed by atoms with Crippen LogP contribution in [0.15, 0.2) is 18.2 Å². The van der Waals surface area contributed by atoms with Crippen molar-refractivity contribution in [3.8, 4) is 6.07 Å². The zero-order valence-corrected chi connectivity index (χ0v) is 6.76. The molecular formula is C9H9N3. The average Bonchev–Trinajstić information content (AvgIpc) is 2.04. The first-order valence-electron chi connectivity index (χ1n) is 3.50. The summed E-state index contributed by atoms with van der Waals surface area (Å²) in [4.78, 5) is 0. The van der Waals surface area contributed by atoms with E-state index in [9.17, 15) is 0 Å². The van der Waals surface area contributed by atoms with Gasteiger partial charge >= 0.3 is 0 Å². The van der Waals surface area contributed by atoms with Crippen LogP contribution in [0.4, 0.5) is 0 Å². The van der Waals surface area contributed by atoms with E-state index in [2.05, 4.69) is 6.07 Å². The predicted molar refractivity (Wildman–Crippen MR) is 46.9 cm³/mol. The van der Waals surface area contributed by atoms with Gasteiger partial charge in [0.25, 0.3) is 0 Å². The lowest BCUT2D eigenvalue weighted by atomic mass is 10.1. The molecule has 0 saturated carbocycles. The Hall–Kier alpha value is -1.82. The first-order chi connectivity index (χ1) is 5.65. The van der Waals surface area contributed by atoms with E-state index in [1.807, 2.05) is 6.92 Å². The second-order valence-corrected chi connectivity index (χ2v) is 2.56. The summed E-state index contributed by atoms with van der Waals surface area (Å²) in [6, 6.07) is 7.13. The molecule has 0 spiro atoms. The molecule has 0 radical (unpaired) electrons. The Morgan fingerprint density at radius 2 is 2.25 bits per heavy atom. The van der Waals surface area contributed by atoms with Crippen LogP contribution in [0.25, 0.3) is 0 Å². The molecule has 0 saturated heterocycles. The maximum absolute atomic E-state index is 8.61. The number of aryl methyl sites for hydroxylation is 1. The minimum Gasteiger partial charge on any atom is -0.384 e. The van der Waals surface area contributed by atoms with Gasteiger partial charge in [0.05, 0.1) is 11.6 Å². The fourth-order valence-corrected chi connectivity index (χ4v) is 0.957. The number of nitrogens with two attached hydrogens (primary N) is 1. The minimum atomic E-state index is 0.0302. The standard InChI is InChI=1S/C9H9N3/c1-6-4-7(9(11)12)2-3-8(6)5-10/h2-4H,1H3,(H3,11,12). The van der Waals surface area contributed by atoms with Crippen LogP contribution < -0.4 is 5.73 Å². The summed E-state index contributed by atoms with van der Waals surface area (Å²) in [5.41, 5.74) is 7.41. The maximum Gasteiger partial charge on any atom is 0.122 e. The summed E-state index contributed by atoms with van der Waals surface area (Å²) in [6.45, 7) is 1.82. The van der Waals surface area contributed by atoms with Crippen molar-refractivity contribution in [2.45, 2.75) is 6.92 Å². The largest absolute Gasteiger partial charge is 0.384 e. The number of nitrogens with one attached hydrogen (secondary N) is 1. The van der Waals surface area contributed by atoms with E-state index in [-0.39, 0.29) is 5.84 Å². The van der Waals surface area contributed by atoms with Crippen LogP contribution in [0.2, 0.25) is 0 Å². The van der Waals surface area contributed by atoms with E-state index in [1.54, 1.807) is 18.2 Å². The fourth-order valence-electron chi connectivity index (χ4n) is 0.957. The Morgan fingerprint density at radius 1 is 1.58 bits per heavy atom. The van der Waals surface area contributed by atoms with Gasteiger partial charge in [0.15, 0.2) is 0 Å². The zero-order valence-electron chi connectivity index (χ0n) is 6.76. The molecule has 0 aliphatic rings. The van der Waals surface area contributed by atoms with Crippen LogP contribution >= 0.6 is 0 Å². The van der Waals surface area contributed by atoms with Gasteiger partial charge in [-0.3, -0.25) is 5.41 Å². The second kappa shape index (κ2) is 3.05. The summed E-state index contributed by atoms with van der Waals surface area (Å²) in [7, 11) is 0. The second-order valence-electron chi connectivity index (χ2n) is 2.56. The van der Waals surface area contributed by atoms with Gasteiger partial charge in [0, 0.05) is 5.56 Å². The monoisotopic (exact) mass is 159 g/mol. The number of amidine groups is 1. The molecule has 0 atom stereocenters. The van der Waals surface area contributed by atoms with Crippen LogP contribution in [0, 0.1) is 23.7 Å². The van der Waals surface area contributed by atoms with Crippen molar-refractivity contribution in [1.82, 2.24) is 0 Å². The Kier molecular flexibility index (Phi) is 2.11. The first-order valence-corrected chi connectivity index (χ1v) is 3.50. The quantitative estimate of drug-likeness (QED) is 0.476. The molecule has 0 aliphatic carbocycles. The molecule has 0 fully saturated rings. The van der Waals surface area contributed by atoms with Crippen molar-refractivity contribution in [1.29, 1.82) is 10.7 Å². The number of rotatable bonds is 1. The molecule has 0 heterocycles. The van der Waals surface area contributed by atoms with Crippen molar-refractivity contribution in [2.24, 2.45) is 5.73 Å². The number of nitriles is 1. The minimum absolute atomic E-state index is 0.0302. The van der Waals surface area contributed by atoms with Gasteiger partial charge in [-0.1, -0.05) is 0 Å². The molecule has 0 amide bonds. The highest BCUT2D eigenvalue weighted by Gasteiger charge is 2.00.